The van der Waals surface area contributed by atoms with Crippen molar-refractivity contribution in [2.75, 3.05) is 0 Å². The molecule has 286 valence electrons. The summed E-state index contributed by atoms with van der Waals surface area (Å²) in [4.78, 5) is 16.1. The Morgan fingerprint density at radius 3 is 1.62 bits per heavy atom. The van der Waals surface area contributed by atoms with Crippen molar-refractivity contribution in [1.29, 1.82) is 0 Å². The van der Waals surface area contributed by atoms with Crippen molar-refractivity contribution < 1.29 is 4.42 Å². The summed E-state index contributed by atoms with van der Waals surface area (Å²) in [6, 6.07) is 67.3. The smallest absolute Gasteiger partial charge is 0.164 e. The summed E-state index contributed by atoms with van der Waals surface area (Å²) in [6.45, 7) is 4.63. The molecule has 0 aliphatic heterocycles. The fraction of sp³-hybridized carbons (Fsp3) is 0.0702. The number of aromatic nitrogens is 3. The second-order valence-electron chi connectivity index (χ2n) is 17.1. The Balaban J connectivity index is 1.07. The van der Waals surface area contributed by atoms with Crippen LogP contribution in [0.5, 0.6) is 0 Å². The number of fused-ring (bicyclic) bond motifs is 15. The van der Waals surface area contributed by atoms with Crippen LogP contribution in [0, 0.1) is 0 Å². The number of nitrogens with zero attached hydrogens (tertiary/aromatic N) is 3. The van der Waals surface area contributed by atoms with Crippen LogP contribution in [0.25, 0.3) is 89.8 Å². The van der Waals surface area contributed by atoms with Crippen LogP contribution in [-0.4, -0.2) is 15.0 Å². The molecular formula is C57H37N3O. The van der Waals surface area contributed by atoms with E-state index in [0.717, 1.165) is 44.5 Å². The van der Waals surface area contributed by atoms with Crippen LogP contribution >= 0.6 is 0 Å². The first-order valence-electron chi connectivity index (χ1n) is 21.0. The summed E-state index contributed by atoms with van der Waals surface area (Å²) in [5.74, 6) is 2.73. The van der Waals surface area contributed by atoms with Crippen LogP contribution in [0.2, 0.25) is 0 Å². The summed E-state index contributed by atoms with van der Waals surface area (Å²) in [6.07, 6.45) is 0. The minimum Gasteiger partial charge on any atom is -0.456 e. The van der Waals surface area contributed by atoms with Crippen LogP contribution in [0.1, 0.15) is 47.2 Å². The van der Waals surface area contributed by atoms with Crippen LogP contribution in [0.4, 0.5) is 0 Å². The summed E-state index contributed by atoms with van der Waals surface area (Å²) in [7, 11) is 0. The third kappa shape index (κ3) is 4.62. The zero-order chi connectivity index (χ0) is 40.5. The highest BCUT2D eigenvalue weighted by Gasteiger charge is 2.55. The fourth-order valence-electron chi connectivity index (χ4n) is 10.9. The molecule has 0 amide bonds. The zero-order valence-corrected chi connectivity index (χ0v) is 33.6. The van der Waals surface area contributed by atoms with Crippen molar-refractivity contribution in [3.8, 4) is 78.9 Å². The van der Waals surface area contributed by atoms with Gasteiger partial charge in [0.2, 0.25) is 0 Å². The van der Waals surface area contributed by atoms with Gasteiger partial charge in [-0.05, 0) is 73.3 Å². The van der Waals surface area contributed by atoms with Crippen LogP contribution < -0.4 is 0 Å². The van der Waals surface area contributed by atoms with E-state index in [1.165, 1.54) is 61.2 Å². The van der Waals surface area contributed by atoms with E-state index < -0.39 is 5.41 Å². The molecule has 10 aromatic rings. The fourth-order valence-corrected chi connectivity index (χ4v) is 10.9. The molecule has 0 unspecified atom stereocenters. The Morgan fingerprint density at radius 1 is 0.377 bits per heavy atom. The lowest BCUT2D eigenvalue weighted by molar-refractivity contribution is 0.628. The van der Waals surface area contributed by atoms with Crippen molar-refractivity contribution in [3.63, 3.8) is 0 Å². The Hall–Kier alpha value is -7.69. The summed E-state index contributed by atoms with van der Waals surface area (Å²) in [5, 5.41) is 1.11. The predicted octanol–water partition coefficient (Wildman–Crippen LogP) is 13.9. The molecule has 2 aromatic heterocycles. The van der Waals surface area contributed by atoms with E-state index in [-0.39, 0.29) is 5.41 Å². The third-order valence-corrected chi connectivity index (χ3v) is 13.6. The van der Waals surface area contributed by atoms with Gasteiger partial charge in [0.15, 0.2) is 17.5 Å². The van der Waals surface area contributed by atoms with E-state index in [1.54, 1.807) is 0 Å². The normalized spacial score (nSPS) is 14.3. The molecule has 1 spiro atoms. The lowest BCUT2D eigenvalue weighted by atomic mass is 9.70. The van der Waals surface area contributed by atoms with Crippen molar-refractivity contribution in [2.45, 2.75) is 24.7 Å². The molecule has 4 nitrogen and oxygen atoms in total. The molecule has 0 saturated carbocycles. The highest BCUT2D eigenvalue weighted by atomic mass is 16.3. The molecule has 0 fully saturated rings. The van der Waals surface area contributed by atoms with E-state index in [1.807, 2.05) is 6.07 Å². The molecule has 0 atom stereocenters. The van der Waals surface area contributed by atoms with Crippen molar-refractivity contribution in [2.24, 2.45) is 0 Å². The monoisotopic (exact) mass is 779 g/mol. The molecule has 4 heteroatoms. The standard InChI is InChI=1S/C57H37N3O/c1-56(2)44-22-10-6-17-38(44)41-32-31-37(33-48(41)56)54-58-53(36-29-27-35(28-30-36)34-15-4-3-5-16-34)59-55(60-54)43-21-14-25-47-50(43)52-51(42-20-9-13-26-49(42)61-52)57(47)45-23-11-7-18-39(45)40-19-8-12-24-46(40)57/h3-33H,1-2H3. The van der Waals surface area contributed by atoms with Crippen molar-refractivity contribution in [3.05, 3.63) is 221 Å². The maximum Gasteiger partial charge on any atom is 0.164 e. The summed E-state index contributed by atoms with van der Waals surface area (Å²) < 4.78 is 7.03. The van der Waals surface area contributed by atoms with Gasteiger partial charge in [0.05, 0.1) is 5.41 Å². The first-order valence-corrected chi connectivity index (χ1v) is 21.0. The van der Waals surface area contributed by atoms with Gasteiger partial charge in [-0.2, -0.15) is 0 Å². The Kier molecular flexibility index (Phi) is 6.96. The lowest BCUT2D eigenvalue weighted by Crippen LogP contribution is -2.25. The number of benzene rings is 8. The molecular weight excluding hydrogens is 743 g/mol. The molecule has 3 aliphatic rings. The van der Waals surface area contributed by atoms with Gasteiger partial charge in [0.1, 0.15) is 11.3 Å². The first-order chi connectivity index (χ1) is 30.0. The molecule has 13 rings (SSSR count). The zero-order valence-electron chi connectivity index (χ0n) is 33.6. The van der Waals surface area contributed by atoms with Gasteiger partial charge in [-0.3, -0.25) is 0 Å². The van der Waals surface area contributed by atoms with Gasteiger partial charge < -0.3 is 4.42 Å². The second kappa shape index (κ2) is 12.4. The maximum absolute atomic E-state index is 7.03. The average Bonchev–Trinajstić information content (AvgIpc) is 4.01. The number of para-hydroxylation sites is 1. The van der Waals surface area contributed by atoms with Crippen molar-refractivity contribution in [1.82, 2.24) is 15.0 Å². The molecule has 8 aromatic carbocycles. The van der Waals surface area contributed by atoms with Gasteiger partial charge in [-0.15, -0.1) is 0 Å². The van der Waals surface area contributed by atoms with E-state index in [2.05, 4.69) is 196 Å². The van der Waals surface area contributed by atoms with E-state index in [9.17, 15) is 0 Å². The number of furan rings is 1. The number of hydrogen-bond acceptors (Lipinski definition) is 4. The predicted molar refractivity (Wildman–Crippen MR) is 245 cm³/mol. The average molecular weight is 780 g/mol. The van der Waals surface area contributed by atoms with Gasteiger partial charge in [0, 0.05) is 38.6 Å². The van der Waals surface area contributed by atoms with Gasteiger partial charge in [-0.25, -0.2) is 15.0 Å². The highest BCUT2D eigenvalue weighted by Crippen LogP contribution is 2.66. The van der Waals surface area contributed by atoms with Crippen LogP contribution in [-0.2, 0) is 10.8 Å². The topological polar surface area (TPSA) is 51.8 Å². The SMILES string of the molecule is CC1(C)c2ccccc2-c2ccc(-c3nc(-c4ccc(-c5ccccc5)cc4)nc(-c4cccc5c4-c4oc6ccccc6c4C54c5ccccc5-c5ccccc54)n3)cc21. The molecule has 0 bridgehead atoms. The Bertz CT molecular complexity index is 3400. The number of hydrogen-bond donors (Lipinski definition) is 0. The molecule has 0 radical (unpaired) electrons. The maximum atomic E-state index is 7.03. The largest absolute Gasteiger partial charge is 0.456 e. The Morgan fingerprint density at radius 2 is 0.885 bits per heavy atom. The lowest BCUT2D eigenvalue weighted by Gasteiger charge is -2.30. The summed E-state index contributed by atoms with van der Waals surface area (Å²) in [5.41, 5.74) is 18.7. The molecule has 61 heavy (non-hydrogen) atoms. The third-order valence-electron chi connectivity index (χ3n) is 13.6. The van der Waals surface area contributed by atoms with Crippen LogP contribution in [0.15, 0.2) is 192 Å². The first kappa shape index (κ1) is 34.2. The van der Waals surface area contributed by atoms with Gasteiger partial charge >= 0.3 is 0 Å². The Labute approximate surface area is 353 Å². The van der Waals surface area contributed by atoms with Crippen molar-refractivity contribution >= 4 is 11.0 Å². The quantitative estimate of drug-likeness (QED) is 0.178. The molecule has 3 aliphatic carbocycles. The van der Waals surface area contributed by atoms with E-state index >= 15 is 0 Å². The second-order valence-corrected chi connectivity index (χ2v) is 17.1. The highest BCUT2D eigenvalue weighted by molar-refractivity contribution is 6.04. The molecule has 0 saturated heterocycles. The van der Waals surface area contributed by atoms with Gasteiger partial charge in [0.25, 0.3) is 0 Å². The van der Waals surface area contributed by atoms with Crippen LogP contribution in [0.3, 0.4) is 0 Å². The minimum absolute atomic E-state index is 0.173. The van der Waals surface area contributed by atoms with Gasteiger partial charge in [-0.1, -0.05) is 190 Å². The van der Waals surface area contributed by atoms with E-state index in [0.29, 0.717) is 17.5 Å². The molecule has 0 N–H and O–H groups in total. The minimum atomic E-state index is -0.590. The van der Waals surface area contributed by atoms with E-state index in [4.69, 9.17) is 19.4 Å². The summed E-state index contributed by atoms with van der Waals surface area (Å²) >= 11 is 0. The molecule has 2 heterocycles. The number of rotatable bonds is 4.